The fraction of sp³-hybridized carbons (Fsp3) is 0.190. The zero-order valence-corrected chi connectivity index (χ0v) is 18.1. The van der Waals surface area contributed by atoms with Crippen LogP contribution < -0.4 is 9.47 Å². The van der Waals surface area contributed by atoms with Crippen LogP contribution in [0.5, 0.6) is 11.5 Å². The van der Waals surface area contributed by atoms with E-state index in [0.29, 0.717) is 0 Å². The first-order valence-corrected chi connectivity index (χ1v) is 10.4. The van der Waals surface area contributed by atoms with E-state index in [-0.39, 0.29) is 12.3 Å². The fourth-order valence-electron chi connectivity index (χ4n) is 3.71. The van der Waals surface area contributed by atoms with E-state index in [1.165, 1.54) is 0 Å². The smallest absolute Gasteiger partial charge is 0.213 e. The van der Waals surface area contributed by atoms with Crippen molar-refractivity contribution < 1.29 is 13.9 Å². The van der Waals surface area contributed by atoms with Gasteiger partial charge >= 0.3 is 0 Å². The van der Waals surface area contributed by atoms with Crippen LogP contribution in [0.1, 0.15) is 35.6 Å². The van der Waals surface area contributed by atoms with Crippen LogP contribution in [0.2, 0.25) is 0 Å². The second-order valence-electron chi connectivity index (χ2n) is 6.67. The van der Waals surface area contributed by atoms with Gasteiger partial charge < -0.3 is 13.9 Å². The maximum Gasteiger partial charge on any atom is 0.213 e. The second-order valence-corrected chi connectivity index (χ2v) is 8.44. The lowest BCUT2D eigenvalue weighted by molar-refractivity contribution is -0.0191. The Bertz CT molecular complexity index is 1070. The van der Waals surface area contributed by atoms with Crippen molar-refractivity contribution in [3.63, 3.8) is 0 Å². The molecule has 0 saturated carbocycles. The van der Waals surface area contributed by atoms with E-state index < -0.39 is 0 Å². The van der Waals surface area contributed by atoms with Crippen LogP contribution in [-0.4, -0.2) is 17.8 Å². The van der Waals surface area contributed by atoms with Crippen molar-refractivity contribution >= 4 is 37.6 Å². The van der Waals surface area contributed by atoms with E-state index in [1.807, 2.05) is 47.5 Å². The van der Waals surface area contributed by atoms with Crippen molar-refractivity contribution in [2.45, 2.75) is 18.7 Å². The largest absolute Gasteiger partial charge is 0.496 e. The van der Waals surface area contributed by atoms with Gasteiger partial charge in [-0.1, -0.05) is 15.9 Å². The van der Waals surface area contributed by atoms with Crippen LogP contribution in [0, 0.1) is 0 Å². The summed E-state index contributed by atoms with van der Waals surface area (Å²) in [6, 6.07) is 16.0. The molecule has 2 aliphatic heterocycles. The lowest BCUT2D eigenvalue weighted by atomic mass is 9.97. The monoisotopic (exact) mass is 502 g/mol. The quantitative estimate of drug-likeness (QED) is 0.436. The van der Waals surface area contributed by atoms with E-state index in [0.717, 1.165) is 49.5 Å². The molecule has 142 valence electrons. The molecule has 0 amide bonds. The lowest BCUT2D eigenvalue weighted by Gasteiger charge is -2.38. The molecule has 2 aliphatic rings. The minimum Gasteiger partial charge on any atom is -0.496 e. The number of nitrogens with zero attached hydrogens (tertiary/aromatic N) is 2. The summed E-state index contributed by atoms with van der Waals surface area (Å²) in [7, 11) is 1.65. The Labute approximate surface area is 179 Å². The molecule has 0 saturated heterocycles. The van der Waals surface area contributed by atoms with Gasteiger partial charge in [0.25, 0.3) is 0 Å². The van der Waals surface area contributed by atoms with Gasteiger partial charge in [-0.3, -0.25) is 0 Å². The number of benzene rings is 2. The topological polar surface area (TPSA) is 47.2 Å². The molecule has 3 aromatic rings. The van der Waals surface area contributed by atoms with Crippen molar-refractivity contribution in [3.8, 4) is 11.5 Å². The third-order valence-electron chi connectivity index (χ3n) is 5.02. The predicted octanol–water partition coefficient (Wildman–Crippen LogP) is 6.06. The Kier molecular flexibility index (Phi) is 4.44. The molecule has 0 aliphatic carbocycles. The van der Waals surface area contributed by atoms with Gasteiger partial charge in [-0.2, -0.15) is 5.10 Å². The Morgan fingerprint density at radius 2 is 2.04 bits per heavy atom. The molecule has 2 aromatic carbocycles. The Hall–Kier alpha value is -2.25. The van der Waals surface area contributed by atoms with Crippen LogP contribution in [-0.2, 0) is 0 Å². The highest BCUT2D eigenvalue weighted by Crippen LogP contribution is 2.48. The third-order valence-corrected chi connectivity index (χ3v) is 6.13. The Balaban J connectivity index is 1.60. The summed E-state index contributed by atoms with van der Waals surface area (Å²) in [6.45, 7) is 0. The van der Waals surface area contributed by atoms with Crippen LogP contribution in [0.15, 0.2) is 73.3 Å². The summed E-state index contributed by atoms with van der Waals surface area (Å²) in [5.74, 6) is 2.44. The van der Waals surface area contributed by atoms with Gasteiger partial charge in [-0.15, -0.1) is 0 Å². The minimum atomic E-state index is -0.339. The summed E-state index contributed by atoms with van der Waals surface area (Å²) < 4.78 is 19.2. The summed E-state index contributed by atoms with van der Waals surface area (Å²) in [4.78, 5) is 0. The van der Waals surface area contributed by atoms with Crippen LogP contribution in [0.25, 0.3) is 0 Å². The average molecular weight is 504 g/mol. The standard InChI is InChI=1S/C21H16Br2N2O3/c1-26-19-6-4-12(9-15(19)23)21-25-17(11-16(24-25)20-3-2-8-27-20)14-10-13(22)5-7-18(14)28-21/h2-10,17,21H,11H2,1H3/t17-,21-/m1/s1. The zero-order valence-electron chi connectivity index (χ0n) is 14.9. The molecule has 0 radical (unpaired) electrons. The molecule has 0 N–H and O–H groups in total. The molecule has 0 fully saturated rings. The molecular formula is C21H16Br2N2O3. The second kappa shape index (κ2) is 6.97. The van der Waals surface area contributed by atoms with Gasteiger partial charge in [-0.05, 0) is 64.5 Å². The molecule has 7 heteroatoms. The third kappa shape index (κ3) is 2.93. The van der Waals surface area contributed by atoms with Crippen molar-refractivity contribution in [3.05, 3.63) is 80.6 Å². The van der Waals surface area contributed by atoms with Crippen molar-refractivity contribution in [1.82, 2.24) is 5.01 Å². The van der Waals surface area contributed by atoms with Crippen LogP contribution in [0.4, 0.5) is 0 Å². The van der Waals surface area contributed by atoms with Gasteiger partial charge in [-0.25, -0.2) is 5.01 Å². The number of fused-ring (bicyclic) bond motifs is 3. The number of hydrogen-bond acceptors (Lipinski definition) is 5. The lowest BCUT2D eigenvalue weighted by Crippen LogP contribution is -2.33. The number of ether oxygens (including phenoxy) is 2. The Morgan fingerprint density at radius 1 is 1.14 bits per heavy atom. The number of methoxy groups -OCH3 is 1. The highest BCUT2D eigenvalue weighted by Gasteiger charge is 2.41. The van der Waals surface area contributed by atoms with Crippen molar-refractivity contribution in [2.75, 3.05) is 7.11 Å². The van der Waals surface area contributed by atoms with E-state index in [1.54, 1.807) is 13.4 Å². The fourth-order valence-corrected chi connectivity index (χ4v) is 4.64. The van der Waals surface area contributed by atoms with Crippen LogP contribution in [0.3, 0.4) is 0 Å². The first kappa shape index (κ1) is 17.8. The highest BCUT2D eigenvalue weighted by atomic mass is 79.9. The van der Waals surface area contributed by atoms with Gasteiger partial charge in [0.1, 0.15) is 23.0 Å². The molecule has 0 bridgehead atoms. The van der Waals surface area contributed by atoms with Gasteiger partial charge in [0, 0.05) is 22.0 Å². The van der Waals surface area contributed by atoms with E-state index in [9.17, 15) is 0 Å². The predicted molar refractivity (Wildman–Crippen MR) is 113 cm³/mol. The first-order chi connectivity index (χ1) is 13.6. The first-order valence-electron chi connectivity index (χ1n) is 8.83. The number of rotatable bonds is 3. The summed E-state index contributed by atoms with van der Waals surface area (Å²) in [5.41, 5.74) is 3.03. The molecule has 1 aromatic heterocycles. The average Bonchev–Trinajstić information content (AvgIpc) is 3.37. The minimum absolute atomic E-state index is 0.0761. The molecule has 0 unspecified atom stereocenters. The Morgan fingerprint density at radius 3 is 2.79 bits per heavy atom. The van der Waals surface area contributed by atoms with Crippen molar-refractivity contribution in [1.29, 1.82) is 0 Å². The van der Waals surface area contributed by atoms with Gasteiger partial charge in [0.15, 0.2) is 0 Å². The molecule has 5 rings (SSSR count). The number of hydrazone groups is 1. The normalized spacial score (nSPS) is 20.2. The molecule has 0 spiro atoms. The number of furan rings is 1. The SMILES string of the molecule is COc1ccc([C@H]2Oc3ccc(Br)cc3[C@H]3CC(c4ccco4)=NN32)cc1Br. The highest BCUT2D eigenvalue weighted by molar-refractivity contribution is 9.10. The maximum absolute atomic E-state index is 6.39. The molecule has 5 nitrogen and oxygen atoms in total. The van der Waals surface area contributed by atoms with E-state index in [2.05, 4.69) is 37.9 Å². The van der Waals surface area contributed by atoms with Crippen molar-refractivity contribution in [2.24, 2.45) is 5.10 Å². The van der Waals surface area contributed by atoms with Gasteiger partial charge in [0.2, 0.25) is 6.23 Å². The summed E-state index contributed by atoms with van der Waals surface area (Å²) >= 11 is 7.15. The molecule has 2 atom stereocenters. The number of hydrogen-bond donors (Lipinski definition) is 0. The summed E-state index contributed by atoms with van der Waals surface area (Å²) in [6.07, 6.45) is 2.09. The van der Waals surface area contributed by atoms with E-state index >= 15 is 0 Å². The van der Waals surface area contributed by atoms with Gasteiger partial charge in [0.05, 0.1) is 23.9 Å². The summed E-state index contributed by atoms with van der Waals surface area (Å²) in [5, 5.41) is 6.91. The van der Waals surface area contributed by atoms with Crippen LogP contribution >= 0.6 is 31.9 Å². The zero-order chi connectivity index (χ0) is 19.3. The van der Waals surface area contributed by atoms with E-state index in [4.69, 9.17) is 19.0 Å². The molecule has 3 heterocycles. The number of halogens is 2. The maximum atomic E-state index is 6.39. The molecular weight excluding hydrogens is 488 g/mol. The molecule has 28 heavy (non-hydrogen) atoms.